The largest absolute Gasteiger partial charge is 0.444 e. The zero-order valence-electron chi connectivity index (χ0n) is 18.4. The van der Waals surface area contributed by atoms with Gasteiger partial charge in [0.05, 0.1) is 23.8 Å². The van der Waals surface area contributed by atoms with Gasteiger partial charge in [0.2, 0.25) is 5.95 Å². The number of para-hydroxylation sites is 2. The van der Waals surface area contributed by atoms with E-state index in [0.29, 0.717) is 24.3 Å². The number of likely N-dealkylation sites (tertiary alicyclic amines) is 1. The van der Waals surface area contributed by atoms with Gasteiger partial charge in [0, 0.05) is 38.8 Å². The number of piperidine rings is 1. The lowest BCUT2D eigenvalue weighted by Gasteiger charge is -2.31. The van der Waals surface area contributed by atoms with Crippen molar-refractivity contribution < 1.29 is 4.42 Å². The van der Waals surface area contributed by atoms with Crippen LogP contribution in [0.2, 0.25) is 0 Å². The second-order valence-electron chi connectivity index (χ2n) is 8.44. The summed E-state index contributed by atoms with van der Waals surface area (Å²) in [6, 6.07) is 10.2. The molecule has 0 aliphatic carbocycles. The van der Waals surface area contributed by atoms with Gasteiger partial charge in [0.1, 0.15) is 11.6 Å². The fourth-order valence-electron chi connectivity index (χ4n) is 4.48. The first-order valence-corrected chi connectivity index (χ1v) is 11.3. The molecular weight excluding hydrogens is 402 g/mol. The molecule has 1 N–H and O–H groups in total. The highest BCUT2D eigenvalue weighted by atomic mass is 16.4. The topological polar surface area (TPSA) is 84.9 Å². The highest BCUT2D eigenvalue weighted by molar-refractivity contribution is 5.76. The van der Waals surface area contributed by atoms with Crippen LogP contribution >= 0.6 is 0 Å². The molecule has 0 saturated carbocycles. The van der Waals surface area contributed by atoms with E-state index in [0.717, 1.165) is 55.2 Å². The summed E-state index contributed by atoms with van der Waals surface area (Å²) < 4.78 is 8.05. The van der Waals surface area contributed by atoms with Crippen molar-refractivity contribution in [3.05, 3.63) is 66.4 Å². The zero-order chi connectivity index (χ0) is 21.8. The molecule has 0 radical (unpaired) electrons. The van der Waals surface area contributed by atoms with Gasteiger partial charge in [-0.25, -0.2) is 19.9 Å². The molecule has 3 aromatic heterocycles. The van der Waals surface area contributed by atoms with Crippen molar-refractivity contribution in [2.75, 3.05) is 31.5 Å². The van der Waals surface area contributed by atoms with Gasteiger partial charge >= 0.3 is 0 Å². The maximum Gasteiger partial charge on any atom is 0.222 e. The summed E-state index contributed by atoms with van der Waals surface area (Å²) in [5.74, 6) is 4.05. The van der Waals surface area contributed by atoms with E-state index in [1.54, 1.807) is 12.4 Å². The number of aryl methyl sites for hydroxylation is 1. The molecule has 0 atom stereocenters. The van der Waals surface area contributed by atoms with E-state index in [-0.39, 0.29) is 0 Å². The van der Waals surface area contributed by atoms with Gasteiger partial charge in [0.25, 0.3) is 0 Å². The Bertz CT molecular complexity index is 1150. The van der Waals surface area contributed by atoms with Crippen LogP contribution in [0.25, 0.3) is 11.0 Å². The Morgan fingerprint density at radius 1 is 1.06 bits per heavy atom. The maximum atomic E-state index is 5.75. The zero-order valence-corrected chi connectivity index (χ0v) is 18.4. The summed E-state index contributed by atoms with van der Waals surface area (Å²) in [6.45, 7) is 6.65. The second-order valence-corrected chi connectivity index (χ2v) is 8.44. The molecule has 1 saturated heterocycles. The molecule has 4 heterocycles. The summed E-state index contributed by atoms with van der Waals surface area (Å²) in [5.41, 5.74) is 2.20. The van der Waals surface area contributed by atoms with Crippen LogP contribution in [0.1, 0.15) is 30.3 Å². The molecule has 0 amide bonds. The van der Waals surface area contributed by atoms with E-state index in [1.807, 2.05) is 19.2 Å². The molecule has 1 aliphatic rings. The van der Waals surface area contributed by atoms with Gasteiger partial charge in [-0.2, -0.15) is 0 Å². The van der Waals surface area contributed by atoms with Gasteiger partial charge in [-0.1, -0.05) is 12.1 Å². The van der Waals surface area contributed by atoms with Crippen LogP contribution in [-0.2, 0) is 13.0 Å². The summed E-state index contributed by atoms with van der Waals surface area (Å²) >= 11 is 0. The number of nitrogens with zero attached hydrogens (tertiary/aromatic N) is 6. The predicted octanol–water partition coefficient (Wildman–Crippen LogP) is 3.54. The van der Waals surface area contributed by atoms with E-state index in [9.17, 15) is 0 Å². The number of benzene rings is 1. The summed E-state index contributed by atoms with van der Waals surface area (Å²) in [7, 11) is 0. The average molecular weight is 432 g/mol. The van der Waals surface area contributed by atoms with Gasteiger partial charge in [-0.3, -0.25) is 0 Å². The normalized spacial score (nSPS) is 15.4. The Morgan fingerprint density at radius 3 is 2.66 bits per heavy atom. The second kappa shape index (κ2) is 9.48. The third kappa shape index (κ3) is 4.80. The average Bonchev–Trinajstić information content (AvgIpc) is 3.39. The number of aromatic nitrogens is 5. The van der Waals surface area contributed by atoms with Crippen molar-refractivity contribution in [2.45, 2.75) is 32.7 Å². The van der Waals surface area contributed by atoms with Crippen molar-refractivity contribution in [3.63, 3.8) is 0 Å². The molecule has 8 heteroatoms. The monoisotopic (exact) mass is 431 g/mol. The molecule has 1 fully saturated rings. The van der Waals surface area contributed by atoms with Gasteiger partial charge in [-0.15, -0.1) is 0 Å². The molecule has 4 aromatic rings. The Hall–Kier alpha value is -3.26. The smallest absolute Gasteiger partial charge is 0.222 e. The number of fused-ring (bicyclic) bond motifs is 1. The standard InChI is InChI=1S/C24H29N7O/c1-18-28-16-20(32-18)17-31-22-6-3-2-5-21(22)29-23(31)15-19-7-12-30(13-8-19)14-11-27-24-25-9-4-10-26-24/h2-6,9-10,16,19H,7-8,11-15,17H2,1H3,(H,25,26,27). The number of imidazole rings is 1. The van der Waals surface area contributed by atoms with Crippen LogP contribution in [0.3, 0.4) is 0 Å². The van der Waals surface area contributed by atoms with Gasteiger partial charge in [-0.05, 0) is 50.0 Å². The predicted molar refractivity (Wildman–Crippen MR) is 123 cm³/mol. The highest BCUT2D eigenvalue weighted by Gasteiger charge is 2.22. The molecule has 8 nitrogen and oxygen atoms in total. The fourth-order valence-corrected chi connectivity index (χ4v) is 4.48. The van der Waals surface area contributed by atoms with E-state index in [2.05, 4.69) is 54.0 Å². The van der Waals surface area contributed by atoms with Crippen molar-refractivity contribution in [1.82, 2.24) is 29.4 Å². The minimum absolute atomic E-state index is 0.642. The van der Waals surface area contributed by atoms with E-state index < -0.39 is 0 Å². The van der Waals surface area contributed by atoms with Gasteiger partial charge in [0.15, 0.2) is 5.89 Å². The first-order chi connectivity index (χ1) is 15.7. The molecule has 0 spiro atoms. The summed E-state index contributed by atoms with van der Waals surface area (Å²) in [5, 5.41) is 3.30. The van der Waals surface area contributed by atoms with Crippen molar-refractivity contribution in [2.24, 2.45) is 5.92 Å². The molecule has 1 aromatic carbocycles. The van der Waals surface area contributed by atoms with Crippen LogP contribution in [0, 0.1) is 12.8 Å². The third-order valence-corrected chi connectivity index (χ3v) is 6.17. The summed E-state index contributed by atoms with van der Waals surface area (Å²) in [6.07, 6.45) is 8.71. The summed E-state index contributed by atoms with van der Waals surface area (Å²) in [4.78, 5) is 20.2. The van der Waals surface area contributed by atoms with E-state index >= 15 is 0 Å². The van der Waals surface area contributed by atoms with Crippen LogP contribution in [0.5, 0.6) is 0 Å². The first-order valence-electron chi connectivity index (χ1n) is 11.3. The molecule has 0 bridgehead atoms. The quantitative estimate of drug-likeness (QED) is 0.457. The van der Waals surface area contributed by atoms with E-state index in [4.69, 9.17) is 9.40 Å². The molecule has 5 rings (SSSR count). The SMILES string of the molecule is Cc1ncc(Cn2c(CC3CCN(CCNc4ncccn4)CC3)nc3ccccc32)o1. The fraction of sp³-hybridized carbons (Fsp3) is 0.417. The molecular formula is C24H29N7O. The van der Waals surface area contributed by atoms with Crippen molar-refractivity contribution >= 4 is 17.0 Å². The van der Waals surface area contributed by atoms with E-state index in [1.165, 1.54) is 12.8 Å². The molecule has 1 aliphatic heterocycles. The van der Waals surface area contributed by atoms with Crippen molar-refractivity contribution in [1.29, 1.82) is 0 Å². The maximum absolute atomic E-state index is 5.75. The highest BCUT2D eigenvalue weighted by Crippen LogP contribution is 2.25. The number of rotatable bonds is 8. The minimum Gasteiger partial charge on any atom is -0.444 e. The number of hydrogen-bond acceptors (Lipinski definition) is 7. The van der Waals surface area contributed by atoms with Crippen LogP contribution in [0.15, 0.2) is 53.3 Å². The molecule has 166 valence electrons. The minimum atomic E-state index is 0.642. The Labute approximate surface area is 187 Å². The number of oxazole rings is 1. The van der Waals surface area contributed by atoms with Gasteiger partial charge < -0.3 is 19.2 Å². The molecule has 32 heavy (non-hydrogen) atoms. The lowest BCUT2D eigenvalue weighted by molar-refractivity contribution is 0.188. The van der Waals surface area contributed by atoms with Crippen LogP contribution < -0.4 is 5.32 Å². The lowest BCUT2D eigenvalue weighted by Crippen LogP contribution is -2.37. The van der Waals surface area contributed by atoms with Crippen LogP contribution in [0.4, 0.5) is 5.95 Å². The third-order valence-electron chi connectivity index (χ3n) is 6.17. The Balaban J connectivity index is 1.19. The lowest BCUT2D eigenvalue weighted by atomic mass is 9.93. The number of hydrogen-bond donors (Lipinski definition) is 1. The number of nitrogens with one attached hydrogen (secondary N) is 1. The molecule has 0 unspecified atom stereocenters. The number of anilines is 1. The Kier molecular flexibility index (Phi) is 6.11. The van der Waals surface area contributed by atoms with Crippen molar-refractivity contribution in [3.8, 4) is 0 Å². The first kappa shape index (κ1) is 20.6. The Morgan fingerprint density at radius 2 is 1.88 bits per heavy atom. The van der Waals surface area contributed by atoms with Crippen LogP contribution in [-0.4, -0.2) is 55.6 Å².